The molecule has 0 saturated carbocycles. The van der Waals surface area contributed by atoms with Gasteiger partial charge in [-0.25, -0.2) is 5.06 Å². The molecule has 0 bridgehead atoms. The molecule has 38 heavy (non-hydrogen) atoms. The summed E-state index contributed by atoms with van der Waals surface area (Å²) < 4.78 is 23.8. The van der Waals surface area contributed by atoms with E-state index in [1.807, 2.05) is 91.0 Å². The third-order valence-corrected chi connectivity index (χ3v) is 6.61. The second kappa shape index (κ2) is 15.5. The lowest BCUT2D eigenvalue weighted by Gasteiger charge is -2.33. The van der Waals surface area contributed by atoms with Crippen molar-refractivity contribution >= 4 is 14.0 Å². The number of benzene rings is 3. The van der Waals surface area contributed by atoms with Gasteiger partial charge in [0, 0.05) is 0 Å². The fourth-order valence-electron chi connectivity index (χ4n) is 3.79. The molecule has 10 heteroatoms. The molecule has 0 heterocycles. The smallest absolute Gasteiger partial charge is 0.325 e. The number of hydroxylamine groups is 2. The molecule has 0 aliphatic rings. The van der Waals surface area contributed by atoms with E-state index in [1.165, 1.54) is 0 Å². The van der Waals surface area contributed by atoms with Gasteiger partial charge in [-0.1, -0.05) is 91.0 Å². The van der Waals surface area contributed by atoms with Crippen LogP contribution in [0.4, 0.5) is 0 Å². The van der Waals surface area contributed by atoms with E-state index in [4.69, 9.17) is 14.3 Å². The van der Waals surface area contributed by atoms with Gasteiger partial charge in [0.25, 0.3) is 0 Å². The Bertz CT molecular complexity index is 1110. The number of aliphatic hydroxyl groups excluding tert-OH is 1. The Morgan fingerprint density at radius 3 is 1.71 bits per heavy atom. The fraction of sp³-hybridized carbons (Fsp3) is 0.321. The maximum atomic E-state index is 11.7. The normalized spacial score (nSPS) is 14.0. The number of rotatable bonds is 17. The van der Waals surface area contributed by atoms with Crippen LogP contribution in [0.3, 0.4) is 0 Å². The SMILES string of the molecule is O=CN(C[C@@H](O)[C@@H](OCc1ccccc1)[C@@H](CCP(=O)(O)O)OCc1ccccc1)OCc1ccccc1. The predicted molar refractivity (Wildman–Crippen MR) is 142 cm³/mol. The van der Waals surface area contributed by atoms with Crippen molar-refractivity contribution in [2.75, 3.05) is 12.7 Å². The number of hydrogen-bond acceptors (Lipinski definition) is 6. The predicted octanol–water partition coefficient (Wildman–Crippen LogP) is 3.68. The van der Waals surface area contributed by atoms with Gasteiger partial charge in [-0.15, -0.1) is 0 Å². The quantitative estimate of drug-likeness (QED) is 0.134. The number of carbonyl (C=O) groups is 1. The highest BCUT2D eigenvalue weighted by Gasteiger charge is 2.33. The van der Waals surface area contributed by atoms with Crippen LogP contribution in [0.1, 0.15) is 23.1 Å². The molecular weight excluding hydrogens is 509 g/mol. The van der Waals surface area contributed by atoms with Gasteiger partial charge >= 0.3 is 7.60 Å². The minimum Gasteiger partial charge on any atom is -0.388 e. The third-order valence-electron chi connectivity index (χ3n) is 5.77. The second-order valence-electron chi connectivity index (χ2n) is 8.80. The van der Waals surface area contributed by atoms with Crippen molar-refractivity contribution in [2.24, 2.45) is 0 Å². The average molecular weight is 544 g/mol. The van der Waals surface area contributed by atoms with E-state index in [-0.39, 0.29) is 32.8 Å². The molecule has 3 aromatic rings. The van der Waals surface area contributed by atoms with E-state index in [0.29, 0.717) is 6.41 Å². The van der Waals surface area contributed by atoms with Crippen LogP contribution in [-0.4, -0.2) is 57.4 Å². The molecule has 0 spiro atoms. The first-order valence-corrected chi connectivity index (χ1v) is 14.1. The number of amides is 1. The lowest BCUT2D eigenvalue weighted by molar-refractivity contribution is -0.199. The highest BCUT2D eigenvalue weighted by Crippen LogP contribution is 2.36. The molecule has 0 fully saturated rings. The molecular formula is C28H34NO8P. The third kappa shape index (κ3) is 10.8. The summed E-state index contributed by atoms with van der Waals surface area (Å²) in [5.41, 5.74) is 2.54. The van der Waals surface area contributed by atoms with Crippen molar-refractivity contribution < 1.29 is 38.6 Å². The van der Waals surface area contributed by atoms with Gasteiger partial charge in [-0.2, -0.15) is 0 Å². The van der Waals surface area contributed by atoms with E-state index < -0.39 is 32.1 Å². The Balaban J connectivity index is 1.76. The van der Waals surface area contributed by atoms with Crippen LogP contribution in [0.25, 0.3) is 0 Å². The second-order valence-corrected chi connectivity index (χ2v) is 10.6. The van der Waals surface area contributed by atoms with Crippen molar-refractivity contribution in [3.63, 3.8) is 0 Å². The van der Waals surface area contributed by atoms with E-state index >= 15 is 0 Å². The molecule has 1 amide bonds. The van der Waals surface area contributed by atoms with E-state index in [9.17, 15) is 24.3 Å². The molecule has 3 atom stereocenters. The highest BCUT2D eigenvalue weighted by molar-refractivity contribution is 7.51. The maximum absolute atomic E-state index is 11.7. The van der Waals surface area contributed by atoms with Crippen LogP contribution in [-0.2, 0) is 43.5 Å². The summed E-state index contributed by atoms with van der Waals surface area (Å²) in [5, 5.41) is 12.2. The standard InChI is InChI=1S/C28H34NO8P/c30-22-29(37-21-25-14-8-3-9-15-25)18-26(31)28(36-20-24-12-6-2-7-13-24)27(16-17-38(32,33)34)35-19-23-10-4-1-5-11-23/h1-15,22,26-28,31H,16-21H2,(H2,32,33,34)/t26-,27-,28-/m1/s1. The minimum absolute atomic E-state index is 0.0699. The van der Waals surface area contributed by atoms with Crippen molar-refractivity contribution in [1.82, 2.24) is 5.06 Å². The van der Waals surface area contributed by atoms with Gasteiger partial charge < -0.3 is 24.4 Å². The Labute approximate surface area is 222 Å². The molecule has 3 aromatic carbocycles. The largest absolute Gasteiger partial charge is 0.388 e. The van der Waals surface area contributed by atoms with Crippen LogP contribution in [0, 0.1) is 0 Å². The van der Waals surface area contributed by atoms with Gasteiger partial charge in [0.05, 0.1) is 32.0 Å². The number of ether oxygens (including phenoxy) is 2. The molecule has 0 radical (unpaired) electrons. The summed E-state index contributed by atoms with van der Waals surface area (Å²) in [5.74, 6) is 0. The van der Waals surface area contributed by atoms with Crippen LogP contribution >= 0.6 is 7.60 Å². The summed E-state index contributed by atoms with van der Waals surface area (Å²) >= 11 is 0. The van der Waals surface area contributed by atoms with Crippen molar-refractivity contribution in [2.45, 2.75) is 44.6 Å². The summed E-state index contributed by atoms with van der Waals surface area (Å²) in [6.07, 6.45) is -3.24. The Hall–Kier alpha value is -2.88. The Morgan fingerprint density at radius 1 is 0.763 bits per heavy atom. The van der Waals surface area contributed by atoms with E-state index in [1.54, 1.807) is 0 Å². The zero-order valence-electron chi connectivity index (χ0n) is 21.0. The summed E-state index contributed by atoms with van der Waals surface area (Å²) in [4.78, 5) is 36.3. The van der Waals surface area contributed by atoms with Gasteiger partial charge in [0.2, 0.25) is 6.41 Å². The van der Waals surface area contributed by atoms with Crippen molar-refractivity contribution in [3.8, 4) is 0 Å². The number of aliphatic hydroxyl groups is 1. The first kappa shape index (κ1) is 29.7. The lowest BCUT2D eigenvalue weighted by Crippen LogP contribution is -2.47. The summed E-state index contributed by atoms with van der Waals surface area (Å²) in [6.45, 7) is 0.146. The molecule has 0 saturated heterocycles. The van der Waals surface area contributed by atoms with Crippen molar-refractivity contribution in [3.05, 3.63) is 108 Å². The van der Waals surface area contributed by atoms with Crippen molar-refractivity contribution in [1.29, 1.82) is 0 Å². The van der Waals surface area contributed by atoms with E-state index in [2.05, 4.69) is 0 Å². The molecule has 0 aromatic heterocycles. The van der Waals surface area contributed by atoms with Crippen LogP contribution < -0.4 is 0 Å². The molecule has 204 valence electrons. The summed E-state index contributed by atoms with van der Waals surface area (Å²) in [7, 11) is -4.35. The molecule has 9 nitrogen and oxygen atoms in total. The zero-order valence-corrected chi connectivity index (χ0v) is 21.9. The average Bonchev–Trinajstić information content (AvgIpc) is 2.93. The first-order chi connectivity index (χ1) is 18.3. The molecule has 3 rings (SSSR count). The zero-order chi connectivity index (χ0) is 27.2. The van der Waals surface area contributed by atoms with Crippen LogP contribution in [0.2, 0.25) is 0 Å². The molecule has 0 aliphatic heterocycles. The monoisotopic (exact) mass is 543 g/mol. The Kier molecular flexibility index (Phi) is 12.1. The number of nitrogens with zero attached hydrogens (tertiary/aromatic N) is 1. The Morgan fingerprint density at radius 2 is 1.24 bits per heavy atom. The fourth-order valence-corrected chi connectivity index (χ4v) is 4.39. The van der Waals surface area contributed by atoms with Crippen LogP contribution in [0.15, 0.2) is 91.0 Å². The molecule has 3 N–H and O–H groups in total. The maximum Gasteiger partial charge on any atom is 0.325 e. The van der Waals surface area contributed by atoms with E-state index in [0.717, 1.165) is 21.8 Å². The number of hydrogen-bond donors (Lipinski definition) is 3. The molecule has 0 aliphatic carbocycles. The van der Waals surface area contributed by atoms with Gasteiger partial charge in [0.1, 0.15) is 18.8 Å². The lowest BCUT2D eigenvalue weighted by atomic mass is 10.0. The van der Waals surface area contributed by atoms with Gasteiger partial charge in [-0.3, -0.25) is 14.2 Å². The minimum atomic E-state index is -4.35. The first-order valence-electron chi connectivity index (χ1n) is 12.3. The highest BCUT2D eigenvalue weighted by atomic mass is 31.2. The van der Waals surface area contributed by atoms with Gasteiger partial charge in [-0.05, 0) is 23.1 Å². The number of carbonyl (C=O) groups excluding carboxylic acids is 1. The summed E-state index contributed by atoms with van der Waals surface area (Å²) in [6, 6.07) is 27.9. The van der Waals surface area contributed by atoms with Gasteiger partial charge in [0.15, 0.2) is 0 Å². The van der Waals surface area contributed by atoms with Crippen LogP contribution in [0.5, 0.6) is 0 Å². The topological polar surface area (TPSA) is 126 Å². The molecule has 0 unspecified atom stereocenters.